The minimum absolute atomic E-state index is 0.0239. The normalized spacial score (nSPS) is 18.6. The molecule has 1 heterocycles. The molecule has 1 N–H and O–H groups in total. The van der Waals surface area contributed by atoms with E-state index in [0.717, 1.165) is 5.56 Å². The van der Waals surface area contributed by atoms with Gasteiger partial charge in [-0.05, 0) is 43.2 Å². The third-order valence-electron chi connectivity index (χ3n) is 5.86. The van der Waals surface area contributed by atoms with Crippen molar-refractivity contribution in [2.24, 2.45) is 0 Å². The van der Waals surface area contributed by atoms with Crippen molar-refractivity contribution in [2.75, 3.05) is 19.1 Å². The minimum atomic E-state index is -1.03. The monoisotopic (exact) mass is 421 g/mol. The van der Waals surface area contributed by atoms with Gasteiger partial charge < -0.3 is 14.6 Å². The fraction of sp³-hybridized carbons (Fsp3) is 0.292. The highest BCUT2D eigenvalue weighted by molar-refractivity contribution is 6.07. The lowest BCUT2D eigenvalue weighted by Gasteiger charge is -2.38. The molecule has 31 heavy (non-hydrogen) atoms. The summed E-state index contributed by atoms with van der Waals surface area (Å²) in [7, 11) is 3.09. The second-order valence-electron chi connectivity index (χ2n) is 7.56. The van der Waals surface area contributed by atoms with Gasteiger partial charge in [0, 0.05) is 41.3 Å². The molecule has 2 aromatic carbocycles. The van der Waals surface area contributed by atoms with Gasteiger partial charge in [0.2, 0.25) is 5.91 Å². The first-order valence-corrected chi connectivity index (χ1v) is 10.1. The molecule has 0 spiro atoms. The molecule has 2 aromatic rings. The number of amides is 1. The number of ketones is 1. The number of carbonyl (C=O) groups is 3. The van der Waals surface area contributed by atoms with E-state index in [2.05, 4.69) is 0 Å². The zero-order valence-electron chi connectivity index (χ0n) is 17.4. The molecular weight excluding hydrogens is 398 g/mol. The summed E-state index contributed by atoms with van der Waals surface area (Å²) >= 11 is 0. The van der Waals surface area contributed by atoms with Crippen molar-refractivity contribution >= 4 is 23.3 Å². The van der Waals surface area contributed by atoms with Gasteiger partial charge in [-0.1, -0.05) is 12.1 Å². The second-order valence-corrected chi connectivity index (χ2v) is 7.56. The Kier molecular flexibility index (Phi) is 5.50. The van der Waals surface area contributed by atoms with E-state index in [1.807, 2.05) is 12.1 Å². The molecule has 160 valence electrons. The van der Waals surface area contributed by atoms with E-state index in [1.54, 1.807) is 37.3 Å². The number of carboxylic acid groups (broad SMARTS) is 1. The van der Waals surface area contributed by atoms with Crippen molar-refractivity contribution in [1.82, 2.24) is 0 Å². The van der Waals surface area contributed by atoms with E-state index in [0.29, 0.717) is 47.7 Å². The predicted molar refractivity (Wildman–Crippen MR) is 114 cm³/mol. The standard InChI is InChI=1S/C24H23NO6/c1-30-20-8-3-5-16(23(20)31-2)17-13-21(27)25(18-6-4-7-19(26)22(17)18)15-11-9-14(10-12-15)24(28)29/h3,5,8-12,17H,4,6-7,13H2,1-2H3,(H,28,29). The van der Waals surface area contributed by atoms with Gasteiger partial charge in [-0.3, -0.25) is 14.5 Å². The molecule has 1 unspecified atom stereocenters. The number of carbonyl (C=O) groups excluding carboxylic acids is 2. The molecule has 1 aliphatic carbocycles. The summed E-state index contributed by atoms with van der Waals surface area (Å²) in [5.41, 5.74) is 2.76. The molecule has 1 aliphatic heterocycles. The van der Waals surface area contributed by atoms with E-state index in [-0.39, 0.29) is 23.7 Å². The molecule has 0 radical (unpaired) electrons. The Morgan fingerprint density at radius 1 is 1.03 bits per heavy atom. The zero-order chi connectivity index (χ0) is 22.1. The van der Waals surface area contributed by atoms with Crippen molar-refractivity contribution in [3.63, 3.8) is 0 Å². The number of para-hydroxylation sites is 1. The molecule has 2 aliphatic rings. The van der Waals surface area contributed by atoms with Crippen molar-refractivity contribution in [3.05, 3.63) is 64.9 Å². The van der Waals surface area contributed by atoms with Crippen molar-refractivity contribution in [3.8, 4) is 11.5 Å². The van der Waals surface area contributed by atoms with Crippen LogP contribution in [0, 0.1) is 0 Å². The van der Waals surface area contributed by atoms with Gasteiger partial charge in [-0.2, -0.15) is 0 Å². The SMILES string of the molecule is COc1cccc(C2CC(=O)N(c3ccc(C(=O)O)cc3)C3=C2C(=O)CCC3)c1OC. The third kappa shape index (κ3) is 3.56. The van der Waals surface area contributed by atoms with Crippen molar-refractivity contribution in [2.45, 2.75) is 31.6 Å². The van der Waals surface area contributed by atoms with Crippen molar-refractivity contribution < 1.29 is 29.0 Å². The average Bonchev–Trinajstić information content (AvgIpc) is 2.78. The third-order valence-corrected chi connectivity index (χ3v) is 5.86. The number of ether oxygens (including phenoxy) is 2. The number of aromatic carboxylic acids is 1. The number of allylic oxidation sites excluding steroid dienone is 2. The summed E-state index contributed by atoms with van der Waals surface area (Å²) in [6.07, 6.45) is 1.79. The molecule has 1 atom stereocenters. The van der Waals surface area contributed by atoms with Gasteiger partial charge >= 0.3 is 5.97 Å². The maximum absolute atomic E-state index is 13.3. The molecule has 0 fully saturated rings. The van der Waals surface area contributed by atoms with Crippen LogP contribution in [0.1, 0.15) is 47.5 Å². The maximum Gasteiger partial charge on any atom is 0.335 e. The highest BCUT2D eigenvalue weighted by atomic mass is 16.5. The molecule has 1 amide bonds. The molecule has 7 heteroatoms. The first-order chi connectivity index (χ1) is 15.0. The number of benzene rings is 2. The largest absolute Gasteiger partial charge is 0.493 e. The maximum atomic E-state index is 13.3. The molecule has 0 saturated heterocycles. The van der Waals surface area contributed by atoms with Crippen molar-refractivity contribution in [1.29, 1.82) is 0 Å². The Balaban J connectivity index is 1.85. The lowest BCUT2D eigenvalue weighted by Crippen LogP contribution is -2.40. The summed E-state index contributed by atoms with van der Waals surface area (Å²) in [4.78, 5) is 39.1. The highest BCUT2D eigenvalue weighted by Crippen LogP contribution is 2.47. The summed E-state index contributed by atoms with van der Waals surface area (Å²) in [5, 5.41) is 9.16. The number of rotatable bonds is 5. The molecule has 0 bridgehead atoms. The first kappa shape index (κ1) is 20.7. The second kappa shape index (κ2) is 8.26. The van der Waals surface area contributed by atoms with Crippen LogP contribution in [0.5, 0.6) is 11.5 Å². The number of anilines is 1. The quantitative estimate of drug-likeness (QED) is 0.786. The number of hydrogen-bond acceptors (Lipinski definition) is 5. The van der Waals surface area contributed by atoms with Crippen LogP contribution in [-0.4, -0.2) is 37.0 Å². The summed E-state index contributed by atoms with van der Waals surface area (Å²) in [6, 6.07) is 11.6. The van der Waals surface area contributed by atoms with Gasteiger partial charge in [0.25, 0.3) is 0 Å². The number of nitrogens with zero attached hydrogens (tertiary/aromatic N) is 1. The number of methoxy groups -OCH3 is 2. The van der Waals surface area contributed by atoms with E-state index in [9.17, 15) is 14.4 Å². The van der Waals surface area contributed by atoms with Gasteiger partial charge in [0.1, 0.15) is 0 Å². The Labute approximate surface area is 179 Å². The Bertz CT molecular complexity index is 1090. The highest BCUT2D eigenvalue weighted by Gasteiger charge is 2.41. The molecule has 0 aromatic heterocycles. The van der Waals surface area contributed by atoms with Gasteiger partial charge in [-0.25, -0.2) is 4.79 Å². The Morgan fingerprint density at radius 3 is 2.42 bits per heavy atom. The zero-order valence-corrected chi connectivity index (χ0v) is 17.4. The van der Waals surface area contributed by atoms with Gasteiger partial charge in [0.05, 0.1) is 19.8 Å². The first-order valence-electron chi connectivity index (χ1n) is 10.1. The van der Waals surface area contributed by atoms with Crippen LogP contribution >= 0.6 is 0 Å². The lowest BCUT2D eigenvalue weighted by molar-refractivity contribution is -0.119. The molecule has 0 saturated carbocycles. The van der Waals surface area contributed by atoms with E-state index in [1.165, 1.54) is 12.1 Å². The van der Waals surface area contributed by atoms with Crippen LogP contribution in [0.4, 0.5) is 5.69 Å². The average molecular weight is 421 g/mol. The summed E-state index contributed by atoms with van der Waals surface area (Å²) in [5.74, 6) is -0.511. The molecule has 4 rings (SSSR count). The van der Waals surface area contributed by atoms with Gasteiger partial charge in [0.15, 0.2) is 17.3 Å². The van der Waals surface area contributed by atoms with Crippen LogP contribution < -0.4 is 14.4 Å². The van der Waals surface area contributed by atoms with E-state index < -0.39 is 11.9 Å². The van der Waals surface area contributed by atoms with Crippen LogP contribution in [0.25, 0.3) is 0 Å². The minimum Gasteiger partial charge on any atom is -0.493 e. The fourth-order valence-corrected chi connectivity index (χ4v) is 4.50. The van der Waals surface area contributed by atoms with Crippen LogP contribution in [0.3, 0.4) is 0 Å². The van der Waals surface area contributed by atoms with Crippen LogP contribution in [-0.2, 0) is 9.59 Å². The molecular formula is C24H23NO6. The van der Waals surface area contributed by atoms with Crippen LogP contribution in [0.2, 0.25) is 0 Å². The predicted octanol–water partition coefficient (Wildman–Crippen LogP) is 3.93. The topological polar surface area (TPSA) is 93.1 Å². The number of hydrogen-bond donors (Lipinski definition) is 1. The number of carboxylic acids is 1. The molecule has 7 nitrogen and oxygen atoms in total. The van der Waals surface area contributed by atoms with Crippen LogP contribution in [0.15, 0.2) is 53.7 Å². The van der Waals surface area contributed by atoms with Gasteiger partial charge in [-0.15, -0.1) is 0 Å². The Morgan fingerprint density at radius 2 is 1.77 bits per heavy atom. The fourth-order valence-electron chi connectivity index (χ4n) is 4.50. The smallest absolute Gasteiger partial charge is 0.335 e. The summed E-state index contributed by atoms with van der Waals surface area (Å²) < 4.78 is 11.0. The van der Waals surface area contributed by atoms with E-state index >= 15 is 0 Å². The lowest BCUT2D eigenvalue weighted by atomic mass is 9.76. The van der Waals surface area contributed by atoms with E-state index in [4.69, 9.17) is 14.6 Å². The Hall–Kier alpha value is -3.61. The number of Topliss-reactive ketones (excluding diaryl/α,β-unsaturated/α-hetero) is 1. The summed E-state index contributed by atoms with van der Waals surface area (Å²) in [6.45, 7) is 0.